The lowest BCUT2D eigenvalue weighted by Crippen LogP contribution is -2.46. The van der Waals surface area contributed by atoms with Gasteiger partial charge in [0.15, 0.2) is 6.23 Å². The molecule has 0 aromatic carbocycles. The molecule has 11 heteroatoms. The molecular formula is C13H18NO9P. The van der Waals surface area contributed by atoms with Crippen LogP contribution in [0.5, 0.6) is 0 Å². The van der Waals surface area contributed by atoms with Gasteiger partial charge in [-0.3, -0.25) is 18.4 Å². The monoisotopic (exact) mass is 363 g/mol. The van der Waals surface area contributed by atoms with Gasteiger partial charge in [-0.2, -0.15) is 0 Å². The van der Waals surface area contributed by atoms with E-state index in [2.05, 4.69) is 9.20 Å². The maximum Gasteiger partial charge on any atom is 0.502 e. The highest BCUT2D eigenvalue weighted by Gasteiger charge is 2.65. The van der Waals surface area contributed by atoms with E-state index in [1.807, 2.05) is 0 Å². The van der Waals surface area contributed by atoms with Gasteiger partial charge in [-0.05, 0) is 6.07 Å². The second-order valence-corrected chi connectivity index (χ2v) is 7.10. The molecule has 0 saturated carbocycles. The van der Waals surface area contributed by atoms with Gasteiger partial charge in [0.25, 0.3) is 5.56 Å². The first-order valence-electron chi connectivity index (χ1n) is 7.11. The summed E-state index contributed by atoms with van der Waals surface area (Å²) in [7, 11) is -1.68. The number of rotatable bonds is 7. The number of phosphoric acid groups is 1. The van der Waals surface area contributed by atoms with Gasteiger partial charge in [0.2, 0.25) is 0 Å². The molecule has 0 spiro atoms. The van der Waals surface area contributed by atoms with Crippen molar-refractivity contribution in [1.82, 2.24) is 4.57 Å². The molecule has 2 aliphatic rings. The van der Waals surface area contributed by atoms with Crippen LogP contribution < -0.4 is 5.56 Å². The SMILES string of the molecule is COC[C@@]12CO[C@H]([C@H](n3ccccc3=O)O1)[C@@H]2OP(=O)(OC)OO. The number of phosphoric ester groups is 1. The molecule has 3 heterocycles. The van der Waals surface area contributed by atoms with Gasteiger partial charge >= 0.3 is 7.82 Å². The molecule has 0 radical (unpaired) electrons. The zero-order valence-electron chi connectivity index (χ0n) is 13.1. The molecule has 0 aliphatic carbocycles. The molecule has 1 aromatic rings. The average Bonchev–Trinajstić information content (AvgIpc) is 3.06. The summed E-state index contributed by atoms with van der Waals surface area (Å²) in [5.41, 5.74) is -1.41. The van der Waals surface area contributed by atoms with Crippen molar-refractivity contribution in [2.75, 3.05) is 27.4 Å². The van der Waals surface area contributed by atoms with E-state index in [9.17, 15) is 9.36 Å². The number of pyridine rings is 1. The summed E-state index contributed by atoms with van der Waals surface area (Å²) < 4.78 is 44.1. The predicted molar refractivity (Wildman–Crippen MR) is 78.4 cm³/mol. The van der Waals surface area contributed by atoms with Crippen molar-refractivity contribution in [3.8, 4) is 0 Å². The smallest absolute Gasteiger partial charge is 0.381 e. The lowest BCUT2D eigenvalue weighted by Gasteiger charge is -2.31. The van der Waals surface area contributed by atoms with Crippen LogP contribution in [-0.4, -0.2) is 55.1 Å². The first kappa shape index (κ1) is 17.7. The number of methoxy groups -OCH3 is 1. The maximum absolute atomic E-state index is 12.1. The van der Waals surface area contributed by atoms with E-state index in [-0.39, 0.29) is 18.8 Å². The Bertz CT molecular complexity index is 686. The first-order valence-corrected chi connectivity index (χ1v) is 8.57. The lowest BCUT2D eigenvalue weighted by atomic mass is 10.0. The molecule has 5 atom stereocenters. The third-order valence-electron chi connectivity index (χ3n) is 4.05. The highest BCUT2D eigenvalue weighted by molar-refractivity contribution is 7.48. The molecule has 3 rings (SSSR count). The van der Waals surface area contributed by atoms with E-state index in [0.717, 1.165) is 7.11 Å². The second-order valence-electron chi connectivity index (χ2n) is 5.47. The molecule has 2 aliphatic heterocycles. The van der Waals surface area contributed by atoms with Crippen molar-refractivity contribution in [2.24, 2.45) is 0 Å². The van der Waals surface area contributed by atoms with Gasteiger partial charge in [-0.25, -0.2) is 9.82 Å². The van der Waals surface area contributed by atoms with Crippen molar-refractivity contribution in [1.29, 1.82) is 0 Å². The molecular weight excluding hydrogens is 345 g/mol. The van der Waals surface area contributed by atoms with Gasteiger partial charge in [0, 0.05) is 26.5 Å². The van der Waals surface area contributed by atoms with Crippen molar-refractivity contribution in [3.63, 3.8) is 0 Å². The minimum atomic E-state index is -4.21. The average molecular weight is 363 g/mol. The minimum Gasteiger partial charge on any atom is -0.381 e. The van der Waals surface area contributed by atoms with Crippen LogP contribution in [0.2, 0.25) is 0 Å². The number of ether oxygens (including phenoxy) is 3. The molecule has 2 saturated heterocycles. The third-order valence-corrected chi connectivity index (χ3v) is 5.19. The fraction of sp³-hybridized carbons (Fsp3) is 0.615. The van der Waals surface area contributed by atoms with E-state index in [0.29, 0.717) is 0 Å². The molecule has 2 bridgehead atoms. The normalized spacial score (nSPS) is 34.4. The van der Waals surface area contributed by atoms with E-state index in [4.69, 9.17) is 24.0 Å². The van der Waals surface area contributed by atoms with Gasteiger partial charge in [0.1, 0.15) is 17.8 Å². The lowest BCUT2D eigenvalue weighted by molar-refractivity contribution is -0.193. The van der Waals surface area contributed by atoms with Crippen molar-refractivity contribution in [2.45, 2.75) is 24.0 Å². The molecule has 24 heavy (non-hydrogen) atoms. The zero-order chi connectivity index (χ0) is 17.4. The van der Waals surface area contributed by atoms with E-state index in [1.54, 1.807) is 18.3 Å². The van der Waals surface area contributed by atoms with Crippen LogP contribution in [0.4, 0.5) is 0 Å². The number of hydrogen-bond donors (Lipinski definition) is 1. The summed E-state index contributed by atoms with van der Waals surface area (Å²) in [4.78, 5) is 12.1. The summed E-state index contributed by atoms with van der Waals surface area (Å²) in [6, 6.07) is 4.65. The molecule has 2 fully saturated rings. The van der Waals surface area contributed by atoms with Crippen molar-refractivity contribution in [3.05, 3.63) is 34.7 Å². The van der Waals surface area contributed by atoms with Crippen molar-refractivity contribution >= 4 is 7.82 Å². The van der Waals surface area contributed by atoms with E-state index < -0.39 is 31.9 Å². The highest BCUT2D eigenvalue weighted by Crippen LogP contribution is 2.56. The Balaban J connectivity index is 1.95. The summed E-state index contributed by atoms with van der Waals surface area (Å²) in [5.74, 6) is 0. The molecule has 1 N–H and O–H groups in total. The Morgan fingerprint density at radius 2 is 2.25 bits per heavy atom. The minimum absolute atomic E-state index is 0.0569. The van der Waals surface area contributed by atoms with Crippen LogP contribution in [0.15, 0.2) is 29.2 Å². The fourth-order valence-electron chi connectivity index (χ4n) is 3.00. The van der Waals surface area contributed by atoms with Crippen molar-refractivity contribution < 1.29 is 37.8 Å². The fourth-order valence-corrected chi connectivity index (χ4v) is 3.79. The molecule has 1 aromatic heterocycles. The second kappa shape index (κ2) is 6.66. The third kappa shape index (κ3) is 2.85. The Hall–Kier alpha value is -1.10. The quantitative estimate of drug-likeness (QED) is 0.426. The van der Waals surface area contributed by atoms with Crippen LogP contribution in [0.25, 0.3) is 0 Å². The maximum atomic E-state index is 12.1. The Morgan fingerprint density at radius 3 is 2.88 bits per heavy atom. The number of aromatic nitrogens is 1. The highest BCUT2D eigenvalue weighted by atomic mass is 31.2. The van der Waals surface area contributed by atoms with E-state index >= 15 is 0 Å². The number of nitrogens with zero attached hydrogens (tertiary/aromatic N) is 1. The summed E-state index contributed by atoms with van der Waals surface area (Å²) in [6.45, 7) is 0.158. The number of hydrogen-bond acceptors (Lipinski definition) is 9. The summed E-state index contributed by atoms with van der Waals surface area (Å²) >= 11 is 0. The zero-order valence-corrected chi connectivity index (χ0v) is 14.0. The molecule has 134 valence electrons. The molecule has 10 nitrogen and oxygen atoms in total. The largest absolute Gasteiger partial charge is 0.502 e. The Kier molecular flexibility index (Phi) is 4.92. The van der Waals surface area contributed by atoms with Gasteiger partial charge in [0.05, 0.1) is 13.2 Å². The molecule has 0 amide bonds. The Labute approximate surface area is 137 Å². The molecule has 1 unspecified atom stereocenters. The standard InChI is InChI=1S/C13H18NO9P/c1-18-7-13-8-20-10(11(13)22-24(17,19-2)23-16)12(21-13)14-6-4-3-5-9(14)15/h3-6,10-12,16H,7-8H2,1-2H3/t10-,11-,12+,13-,24?/m0/s1. The first-order chi connectivity index (χ1) is 11.5. The summed E-state index contributed by atoms with van der Waals surface area (Å²) in [5, 5.41) is 8.80. The van der Waals surface area contributed by atoms with Gasteiger partial charge < -0.3 is 14.2 Å². The van der Waals surface area contributed by atoms with E-state index in [1.165, 1.54) is 17.7 Å². The topological polar surface area (TPSA) is 115 Å². The predicted octanol–water partition coefficient (Wildman–Crippen LogP) is 0.790. The van der Waals surface area contributed by atoms with Gasteiger partial charge in [-0.1, -0.05) is 6.07 Å². The number of fused-ring (bicyclic) bond motifs is 2. The summed E-state index contributed by atoms with van der Waals surface area (Å²) in [6.07, 6.45) is -0.962. The van der Waals surface area contributed by atoms with Crippen LogP contribution in [-0.2, 0) is 32.5 Å². The van der Waals surface area contributed by atoms with Crippen LogP contribution >= 0.6 is 7.82 Å². The van der Waals surface area contributed by atoms with Crippen LogP contribution in [0, 0.1) is 0 Å². The van der Waals surface area contributed by atoms with Gasteiger partial charge in [-0.15, -0.1) is 4.67 Å². The Morgan fingerprint density at radius 1 is 1.46 bits per heavy atom. The van der Waals surface area contributed by atoms with Crippen LogP contribution in [0.1, 0.15) is 6.23 Å². The van der Waals surface area contributed by atoms with Crippen LogP contribution in [0.3, 0.4) is 0 Å².